The highest BCUT2D eigenvalue weighted by atomic mass is 16.5. The molecule has 23 heavy (non-hydrogen) atoms. The van der Waals surface area contributed by atoms with Crippen molar-refractivity contribution in [3.05, 3.63) is 48.5 Å². The van der Waals surface area contributed by atoms with Crippen LogP contribution in [0.2, 0.25) is 0 Å². The predicted octanol–water partition coefficient (Wildman–Crippen LogP) is 2.39. The Balaban J connectivity index is 1.52. The zero-order valence-electron chi connectivity index (χ0n) is 12.9. The van der Waals surface area contributed by atoms with E-state index < -0.39 is 0 Å². The SMILES string of the molecule is Cc1cnc(OC2CCN(c3ncnc4ccccc34)C2)nc1. The number of aromatic nitrogens is 4. The Morgan fingerprint density at radius 3 is 2.78 bits per heavy atom. The fourth-order valence-electron chi connectivity index (χ4n) is 2.85. The van der Waals surface area contributed by atoms with E-state index in [4.69, 9.17) is 4.74 Å². The van der Waals surface area contributed by atoms with Gasteiger partial charge < -0.3 is 9.64 Å². The molecular formula is C17H17N5O. The molecule has 0 aliphatic carbocycles. The van der Waals surface area contributed by atoms with Gasteiger partial charge in [0.25, 0.3) is 0 Å². The summed E-state index contributed by atoms with van der Waals surface area (Å²) < 4.78 is 5.89. The second-order valence-corrected chi connectivity index (χ2v) is 5.73. The van der Waals surface area contributed by atoms with Gasteiger partial charge in [0.15, 0.2) is 0 Å². The Morgan fingerprint density at radius 1 is 1.09 bits per heavy atom. The average molecular weight is 307 g/mol. The third kappa shape index (κ3) is 2.79. The van der Waals surface area contributed by atoms with Crippen molar-refractivity contribution in [2.75, 3.05) is 18.0 Å². The molecule has 1 aliphatic rings. The van der Waals surface area contributed by atoms with Gasteiger partial charge in [-0.1, -0.05) is 12.1 Å². The molecule has 1 unspecified atom stereocenters. The summed E-state index contributed by atoms with van der Waals surface area (Å²) in [7, 11) is 0. The highest BCUT2D eigenvalue weighted by Gasteiger charge is 2.26. The summed E-state index contributed by atoms with van der Waals surface area (Å²) in [4.78, 5) is 19.5. The normalized spacial score (nSPS) is 17.6. The molecule has 1 aliphatic heterocycles. The summed E-state index contributed by atoms with van der Waals surface area (Å²) in [6, 6.07) is 8.51. The van der Waals surface area contributed by atoms with Gasteiger partial charge in [0.1, 0.15) is 18.2 Å². The van der Waals surface area contributed by atoms with Crippen LogP contribution in [0.1, 0.15) is 12.0 Å². The van der Waals surface area contributed by atoms with Gasteiger partial charge in [-0.15, -0.1) is 0 Å². The van der Waals surface area contributed by atoms with Crippen molar-refractivity contribution in [2.45, 2.75) is 19.4 Å². The molecule has 0 bridgehead atoms. The zero-order chi connectivity index (χ0) is 15.6. The molecule has 4 rings (SSSR count). The van der Waals surface area contributed by atoms with E-state index in [-0.39, 0.29) is 6.10 Å². The van der Waals surface area contributed by atoms with Crippen molar-refractivity contribution in [3.63, 3.8) is 0 Å². The number of fused-ring (bicyclic) bond motifs is 1. The second-order valence-electron chi connectivity index (χ2n) is 5.73. The van der Waals surface area contributed by atoms with Crippen molar-refractivity contribution in [1.82, 2.24) is 19.9 Å². The minimum absolute atomic E-state index is 0.0754. The molecule has 6 nitrogen and oxygen atoms in total. The minimum Gasteiger partial charge on any atom is -0.458 e. The van der Waals surface area contributed by atoms with Crippen molar-refractivity contribution in [2.24, 2.45) is 0 Å². The van der Waals surface area contributed by atoms with Crippen LogP contribution in [0.5, 0.6) is 6.01 Å². The monoisotopic (exact) mass is 307 g/mol. The van der Waals surface area contributed by atoms with Crippen LogP contribution in [0.15, 0.2) is 43.0 Å². The van der Waals surface area contributed by atoms with Crippen molar-refractivity contribution in [3.8, 4) is 6.01 Å². The van der Waals surface area contributed by atoms with Crippen LogP contribution in [0.3, 0.4) is 0 Å². The summed E-state index contributed by atoms with van der Waals surface area (Å²) >= 11 is 0. The lowest BCUT2D eigenvalue weighted by atomic mass is 10.2. The Hall–Kier alpha value is -2.76. The zero-order valence-corrected chi connectivity index (χ0v) is 12.9. The third-order valence-electron chi connectivity index (χ3n) is 4.00. The van der Waals surface area contributed by atoms with Gasteiger partial charge in [-0.05, 0) is 24.6 Å². The van der Waals surface area contributed by atoms with Crippen molar-refractivity contribution < 1.29 is 4.74 Å². The van der Waals surface area contributed by atoms with E-state index in [0.29, 0.717) is 6.01 Å². The standard InChI is InChI=1S/C17H17N5O/c1-12-8-18-17(19-9-12)23-13-6-7-22(10-13)16-14-4-2-3-5-15(14)20-11-21-16/h2-5,8-9,11,13H,6-7,10H2,1H3. The first-order chi connectivity index (χ1) is 11.3. The van der Waals surface area contributed by atoms with Crippen molar-refractivity contribution >= 4 is 16.7 Å². The van der Waals surface area contributed by atoms with E-state index in [2.05, 4.69) is 30.9 Å². The Morgan fingerprint density at radius 2 is 1.91 bits per heavy atom. The van der Waals surface area contributed by atoms with E-state index in [0.717, 1.165) is 41.8 Å². The van der Waals surface area contributed by atoms with E-state index in [1.165, 1.54) is 0 Å². The van der Waals surface area contributed by atoms with Crippen LogP contribution in [-0.4, -0.2) is 39.1 Å². The summed E-state index contributed by atoms with van der Waals surface area (Å²) in [5.74, 6) is 0.964. The molecule has 0 spiro atoms. The number of hydrogen-bond acceptors (Lipinski definition) is 6. The van der Waals surface area contributed by atoms with Crippen LogP contribution in [0.25, 0.3) is 10.9 Å². The lowest BCUT2D eigenvalue weighted by Gasteiger charge is -2.18. The Labute approximate surface area is 134 Å². The van der Waals surface area contributed by atoms with Crippen molar-refractivity contribution in [1.29, 1.82) is 0 Å². The number of benzene rings is 1. The molecule has 3 aromatic rings. The molecule has 0 amide bonds. The molecule has 2 aromatic heterocycles. The molecule has 1 saturated heterocycles. The van der Waals surface area contributed by atoms with Gasteiger partial charge in [-0.3, -0.25) is 0 Å². The number of rotatable bonds is 3. The quantitative estimate of drug-likeness (QED) is 0.740. The first-order valence-corrected chi connectivity index (χ1v) is 7.69. The fourth-order valence-corrected chi connectivity index (χ4v) is 2.85. The number of hydrogen-bond donors (Lipinski definition) is 0. The fraction of sp³-hybridized carbons (Fsp3) is 0.294. The molecule has 0 radical (unpaired) electrons. The van der Waals surface area contributed by atoms with E-state index >= 15 is 0 Å². The summed E-state index contributed by atoms with van der Waals surface area (Å²) in [6.07, 6.45) is 6.16. The van der Waals surface area contributed by atoms with E-state index in [1.54, 1.807) is 18.7 Å². The highest BCUT2D eigenvalue weighted by molar-refractivity contribution is 5.89. The van der Waals surface area contributed by atoms with E-state index in [1.807, 2.05) is 25.1 Å². The number of aryl methyl sites for hydroxylation is 1. The molecule has 3 heterocycles. The van der Waals surface area contributed by atoms with Crippen LogP contribution >= 0.6 is 0 Å². The van der Waals surface area contributed by atoms with E-state index in [9.17, 15) is 0 Å². The largest absolute Gasteiger partial charge is 0.458 e. The van der Waals surface area contributed by atoms with Crippen LogP contribution in [-0.2, 0) is 0 Å². The maximum atomic E-state index is 5.89. The number of anilines is 1. The van der Waals surface area contributed by atoms with Crippen LogP contribution < -0.4 is 9.64 Å². The molecule has 0 saturated carbocycles. The molecule has 1 atom stereocenters. The van der Waals surface area contributed by atoms with Gasteiger partial charge in [-0.25, -0.2) is 19.9 Å². The summed E-state index contributed by atoms with van der Waals surface area (Å²) in [6.45, 7) is 3.64. The molecule has 0 N–H and O–H groups in total. The lowest BCUT2D eigenvalue weighted by Crippen LogP contribution is -2.26. The second kappa shape index (κ2) is 5.79. The summed E-state index contributed by atoms with van der Waals surface area (Å²) in [5, 5.41) is 1.07. The summed E-state index contributed by atoms with van der Waals surface area (Å²) in [5.41, 5.74) is 1.99. The first kappa shape index (κ1) is 13.9. The predicted molar refractivity (Wildman–Crippen MR) is 87.6 cm³/mol. The third-order valence-corrected chi connectivity index (χ3v) is 4.00. The number of para-hydroxylation sites is 1. The first-order valence-electron chi connectivity index (χ1n) is 7.69. The highest BCUT2D eigenvalue weighted by Crippen LogP contribution is 2.26. The van der Waals surface area contributed by atoms with Gasteiger partial charge in [-0.2, -0.15) is 0 Å². The van der Waals surface area contributed by atoms with Gasteiger partial charge in [0.2, 0.25) is 0 Å². The lowest BCUT2D eigenvalue weighted by molar-refractivity contribution is 0.206. The molecule has 1 fully saturated rings. The van der Waals surface area contributed by atoms with Gasteiger partial charge >= 0.3 is 6.01 Å². The Bertz CT molecular complexity index is 815. The molecule has 1 aromatic carbocycles. The topological polar surface area (TPSA) is 64.0 Å². The van der Waals surface area contributed by atoms with Gasteiger partial charge in [0.05, 0.1) is 12.1 Å². The van der Waals surface area contributed by atoms with Gasteiger partial charge in [0, 0.05) is 30.7 Å². The molecule has 6 heteroatoms. The average Bonchev–Trinajstić information content (AvgIpc) is 3.05. The number of nitrogens with zero attached hydrogens (tertiary/aromatic N) is 5. The smallest absolute Gasteiger partial charge is 0.316 e. The maximum Gasteiger partial charge on any atom is 0.316 e. The van der Waals surface area contributed by atoms with Crippen LogP contribution in [0.4, 0.5) is 5.82 Å². The Kier molecular flexibility index (Phi) is 3.49. The molecule has 116 valence electrons. The van der Waals surface area contributed by atoms with Crippen LogP contribution in [0, 0.1) is 6.92 Å². The maximum absolute atomic E-state index is 5.89. The minimum atomic E-state index is 0.0754. The molecular weight excluding hydrogens is 290 g/mol. The number of ether oxygens (including phenoxy) is 1.